The number of nitriles is 1. The summed E-state index contributed by atoms with van der Waals surface area (Å²) in [6, 6.07) is 17.7. The lowest BCUT2D eigenvalue weighted by atomic mass is 9.62. The van der Waals surface area contributed by atoms with Gasteiger partial charge >= 0.3 is 5.97 Å². The van der Waals surface area contributed by atoms with Crippen LogP contribution in [0.15, 0.2) is 78.9 Å². The summed E-state index contributed by atoms with van der Waals surface area (Å²) < 4.78 is 65.0. The minimum atomic E-state index is -1.83. The van der Waals surface area contributed by atoms with Gasteiger partial charge in [-0.05, 0) is 84.3 Å². The molecule has 1 aliphatic rings. The van der Waals surface area contributed by atoms with Gasteiger partial charge in [0.1, 0.15) is 41.5 Å². The highest BCUT2D eigenvalue weighted by Crippen LogP contribution is 2.53. The lowest BCUT2D eigenvalue weighted by Crippen LogP contribution is -2.53. The van der Waals surface area contributed by atoms with E-state index in [-0.39, 0.29) is 123 Å². The number of hydrogen-bond acceptors (Lipinski definition) is 14. The Morgan fingerprint density at radius 1 is 0.793 bits per heavy atom. The van der Waals surface area contributed by atoms with Crippen molar-refractivity contribution in [3.8, 4) is 11.8 Å². The summed E-state index contributed by atoms with van der Waals surface area (Å²) in [7, 11) is 1.36. The molecule has 1 saturated heterocycles. The van der Waals surface area contributed by atoms with E-state index in [0.717, 1.165) is 11.6 Å². The van der Waals surface area contributed by atoms with Crippen molar-refractivity contribution in [2.45, 2.75) is 103 Å². The maximum Gasteiger partial charge on any atom is 0.302 e. The fraction of sp³-hybridized carbons (Fsp3) is 0.475. The van der Waals surface area contributed by atoms with Gasteiger partial charge in [-0.25, -0.2) is 8.78 Å². The quantitative estimate of drug-likeness (QED) is 0.0216. The second kappa shape index (κ2) is 31.6. The SMILES string of the molecule is COc1cc(C(=O)NCCOCCOCCOCCOCCC(=O)N[C@H](C(=O)N[C@@H](C)C(=O)Nc2ccc(COC(C)=O)cc2)C(C)C)ccc1NC(=O)[C@@H]1N[C@@H](CC(C)(C)C)[C@](C#N)(c2ccc(Cl)cc2F)[C@H]1c1cccc(Cl)c1F. The van der Waals surface area contributed by atoms with Gasteiger partial charge in [0, 0.05) is 53.7 Å². The van der Waals surface area contributed by atoms with E-state index in [1.165, 1.54) is 69.5 Å². The smallest absolute Gasteiger partial charge is 0.302 e. The topological polar surface area (TPSA) is 254 Å². The van der Waals surface area contributed by atoms with E-state index >= 15 is 8.78 Å². The van der Waals surface area contributed by atoms with E-state index < -0.39 is 88.1 Å². The summed E-state index contributed by atoms with van der Waals surface area (Å²) >= 11 is 12.4. The maximum atomic E-state index is 16.2. The third-order valence-corrected chi connectivity index (χ3v) is 13.8. The van der Waals surface area contributed by atoms with Crippen LogP contribution in [0.5, 0.6) is 5.75 Å². The number of ether oxygens (including phenoxy) is 6. The molecule has 82 heavy (non-hydrogen) atoms. The normalized spacial score (nSPS) is 17.5. The molecule has 19 nitrogen and oxygen atoms in total. The van der Waals surface area contributed by atoms with E-state index in [4.69, 9.17) is 51.6 Å². The minimum absolute atomic E-state index is 0.00135. The number of methoxy groups -OCH3 is 1. The molecular weight excluding hydrogens is 1110 g/mol. The molecule has 0 unspecified atom stereocenters. The molecule has 23 heteroatoms. The molecule has 5 amide bonds. The standard InChI is InChI=1S/C59H73Cl2F2N7O12/c1-35(2)52(56(75)66-36(3)54(73)67-41-16-12-38(13-17-41)33-82-37(4)71)70-49(72)20-22-78-24-26-80-28-29-81-27-25-79-23-21-65-55(74)39-14-19-46(47(30-39)77-8)68-57(76)53-50(42-10-9-11-44(61)51(42)63)59(34-64,48(69-53)32-58(5,6)7)43-18-15-40(60)31-45(43)62/h9-19,30-31,35-36,48,50,52-53,69H,20-29,32-33H2,1-8H3,(H,65,74)(H,66,75)(H,67,73)(H,68,76)(H,70,72)/t36-,48-,50-,52-,53+,59-/m0/s1. The van der Waals surface area contributed by atoms with Crippen molar-refractivity contribution in [2.24, 2.45) is 11.3 Å². The molecule has 0 radical (unpaired) electrons. The van der Waals surface area contributed by atoms with Crippen LogP contribution in [0.1, 0.15) is 94.3 Å². The molecule has 0 bridgehead atoms. The number of rotatable bonds is 30. The van der Waals surface area contributed by atoms with Crippen LogP contribution in [0.4, 0.5) is 20.2 Å². The van der Waals surface area contributed by atoms with E-state index in [2.05, 4.69) is 38.0 Å². The van der Waals surface area contributed by atoms with Crippen molar-refractivity contribution in [2.75, 3.05) is 77.1 Å². The molecule has 0 aliphatic carbocycles. The second-order valence-corrected chi connectivity index (χ2v) is 21.9. The monoisotopic (exact) mass is 1180 g/mol. The zero-order valence-corrected chi connectivity index (χ0v) is 48.8. The van der Waals surface area contributed by atoms with Gasteiger partial charge in [-0.1, -0.05) is 88.2 Å². The van der Waals surface area contributed by atoms with E-state index in [0.29, 0.717) is 5.69 Å². The minimum Gasteiger partial charge on any atom is -0.495 e. The van der Waals surface area contributed by atoms with E-state index in [1.54, 1.807) is 38.1 Å². The van der Waals surface area contributed by atoms with E-state index in [1.807, 2.05) is 20.8 Å². The van der Waals surface area contributed by atoms with Gasteiger partial charge in [-0.15, -0.1) is 0 Å². The number of nitrogens with one attached hydrogen (secondary N) is 6. The highest BCUT2D eigenvalue weighted by Gasteiger charge is 2.61. The number of benzene rings is 4. The van der Waals surface area contributed by atoms with Crippen molar-refractivity contribution in [3.05, 3.63) is 123 Å². The Morgan fingerprint density at radius 2 is 1.44 bits per heavy atom. The molecule has 1 heterocycles. The van der Waals surface area contributed by atoms with Crippen molar-refractivity contribution < 1.29 is 66.0 Å². The summed E-state index contributed by atoms with van der Waals surface area (Å²) in [6.07, 6.45) is 0.278. The number of halogens is 4. The molecule has 1 aliphatic heterocycles. The number of amides is 5. The van der Waals surface area contributed by atoms with Crippen LogP contribution >= 0.6 is 23.2 Å². The molecule has 0 aromatic heterocycles. The van der Waals surface area contributed by atoms with Gasteiger partial charge in [0.05, 0.1) is 82.8 Å². The van der Waals surface area contributed by atoms with Crippen LogP contribution in [0.2, 0.25) is 10.0 Å². The summed E-state index contributed by atoms with van der Waals surface area (Å²) in [5.41, 5.74) is -0.764. The third-order valence-electron chi connectivity index (χ3n) is 13.3. The molecule has 0 spiro atoms. The lowest BCUT2D eigenvalue weighted by molar-refractivity contribution is -0.142. The average Bonchev–Trinajstić information content (AvgIpc) is 3.27. The Kier molecular flexibility index (Phi) is 25.5. The van der Waals surface area contributed by atoms with Crippen molar-refractivity contribution in [1.29, 1.82) is 5.26 Å². The maximum absolute atomic E-state index is 16.2. The number of carbonyl (C=O) groups is 6. The molecule has 4 aromatic carbocycles. The molecular formula is C59H73Cl2F2N7O12. The number of anilines is 2. The Labute approximate surface area is 487 Å². The van der Waals surface area contributed by atoms with Crippen LogP contribution in [-0.2, 0) is 59.7 Å². The molecule has 6 atom stereocenters. The Bertz CT molecular complexity index is 2890. The van der Waals surface area contributed by atoms with Crippen LogP contribution in [-0.4, -0.2) is 126 Å². The van der Waals surface area contributed by atoms with Crippen LogP contribution in [0.25, 0.3) is 0 Å². The Balaban J connectivity index is 0.982. The number of esters is 1. The molecule has 6 N–H and O–H groups in total. The lowest BCUT2D eigenvalue weighted by Gasteiger charge is -2.37. The van der Waals surface area contributed by atoms with Crippen molar-refractivity contribution in [1.82, 2.24) is 21.3 Å². The first-order valence-corrected chi connectivity index (χ1v) is 27.5. The van der Waals surface area contributed by atoms with Crippen molar-refractivity contribution >= 4 is 70.1 Å². The highest BCUT2D eigenvalue weighted by molar-refractivity contribution is 6.31. The zero-order chi connectivity index (χ0) is 60.1. The predicted octanol–water partition coefficient (Wildman–Crippen LogP) is 7.77. The van der Waals surface area contributed by atoms with Crippen LogP contribution in [0, 0.1) is 34.3 Å². The molecule has 0 saturated carbocycles. The molecule has 5 rings (SSSR count). The highest BCUT2D eigenvalue weighted by atomic mass is 35.5. The van der Waals surface area contributed by atoms with E-state index in [9.17, 15) is 34.0 Å². The van der Waals surface area contributed by atoms with Gasteiger partial charge in [-0.2, -0.15) is 5.26 Å². The summed E-state index contributed by atoms with van der Waals surface area (Å²) in [4.78, 5) is 77.2. The average molecular weight is 1180 g/mol. The third kappa shape index (κ3) is 18.9. The second-order valence-electron chi connectivity index (χ2n) is 21.0. The van der Waals surface area contributed by atoms with Gasteiger partial charge in [0.15, 0.2) is 0 Å². The molecule has 1 fully saturated rings. The Hall–Kier alpha value is -6.77. The van der Waals surface area contributed by atoms with Crippen molar-refractivity contribution in [3.63, 3.8) is 0 Å². The first kappa shape index (κ1) is 66.0. The fourth-order valence-corrected chi connectivity index (χ4v) is 9.58. The summed E-state index contributed by atoms with van der Waals surface area (Å²) in [5, 5.41) is 28.0. The van der Waals surface area contributed by atoms with Gasteiger partial charge in [-0.3, -0.25) is 28.8 Å². The number of nitrogens with zero attached hydrogens (tertiary/aromatic N) is 1. The molecule has 4 aromatic rings. The summed E-state index contributed by atoms with van der Waals surface area (Å²) in [5.74, 6) is -5.97. The predicted molar refractivity (Wildman–Crippen MR) is 304 cm³/mol. The zero-order valence-electron chi connectivity index (χ0n) is 47.3. The number of hydrogen-bond donors (Lipinski definition) is 6. The van der Waals surface area contributed by atoms with Gasteiger partial charge < -0.3 is 60.3 Å². The fourth-order valence-electron chi connectivity index (χ4n) is 9.24. The summed E-state index contributed by atoms with van der Waals surface area (Å²) in [6.45, 7) is 14.3. The Morgan fingerprint density at radius 3 is 2.04 bits per heavy atom. The largest absolute Gasteiger partial charge is 0.495 e. The van der Waals surface area contributed by atoms with Crippen LogP contribution < -0.4 is 36.6 Å². The van der Waals surface area contributed by atoms with Gasteiger partial charge in [0.25, 0.3) is 5.91 Å². The molecule has 444 valence electrons. The number of carbonyl (C=O) groups excluding carboxylic acids is 6. The van der Waals surface area contributed by atoms with Crippen LogP contribution in [0.3, 0.4) is 0 Å². The first-order valence-electron chi connectivity index (χ1n) is 26.8. The first-order chi connectivity index (χ1) is 39.0. The van der Waals surface area contributed by atoms with Gasteiger partial charge in [0.2, 0.25) is 23.6 Å².